The molecule has 0 spiro atoms. The summed E-state index contributed by atoms with van der Waals surface area (Å²) in [6.07, 6.45) is -0.548. The maximum atomic E-state index is 10.5. The van der Waals surface area contributed by atoms with Crippen molar-refractivity contribution >= 4 is 45.2 Å². The van der Waals surface area contributed by atoms with Crippen LogP contribution in [0.15, 0.2) is 18.2 Å². The largest absolute Gasteiger partial charge is 0.311 e. The molecule has 0 amide bonds. The van der Waals surface area contributed by atoms with Crippen molar-refractivity contribution in [2.75, 3.05) is 0 Å². The van der Waals surface area contributed by atoms with Gasteiger partial charge < -0.3 is 10.4 Å². The van der Waals surface area contributed by atoms with Crippen molar-refractivity contribution in [3.63, 3.8) is 0 Å². The van der Waals surface area contributed by atoms with Crippen LogP contribution in [-0.4, -0.2) is 31.6 Å². The second-order valence-electron chi connectivity index (χ2n) is 5.88. The maximum absolute atomic E-state index is 10.5. The first-order chi connectivity index (χ1) is 8.59. The number of hydroxylamine groups is 4. The highest BCUT2D eigenvalue weighted by atomic mass is 127. The van der Waals surface area contributed by atoms with Crippen molar-refractivity contribution in [1.82, 2.24) is 10.1 Å². The molecule has 0 unspecified atom stereocenters. The molecule has 6 heteroatoms. The van der Waals surface area contributed by atoms with Gasteiger partial charge in [-0.05, 0) is 96.6 Å². The first-order valence-corrected chi connectivity index (χ1v) is 8.17. The van der Waals surface area contributed by atoms with Gasteiger partial charge in [0.05, 0.1) is 11.1 Å². The molecule has 1 fully saturated rings. The summed E-state index contributed by atoms with van der Waals surface area (Å²) in [5, 5.41) is 23.5. The number of hydrogen-bond acceptors (Lipinski definition) is 4. The Balaban J connectivity index is 2.51. The van der Waals surface area contributed by atoms with Gasteiger partial charge >= 0.3 is 0 Å². The van der Waals surface area contributed by atoms with E-state index in [-0.39, 0.29) is 0 Å². The van der Waals surface area contributed by atoms with Crippen molar-refractivity contribution in [3.8, 4) is 0 Å². The van der Waals surface area contributed by atoms with Gasteiger partial charge in [0, 0.05) is 7.14 Å². The van der Waals surface area contributed by atoms with Gasteiger partial charge in [-0.3, -0.25) is 0 Å². The van der Waals surface area contributed by atoms with Crippen LogP contribution in [0.25, 0.3) is 0 Å². The second-order valence-corrected chi connectivity index (χ2v) is 8.37. The Morgan fingerprint density at radius 1 is 0.895 bits per heavy atom. The Bertz CT molecular complexity index is 465. The fraction of sp³-hybridized carbons (Fsp3) is 0.538. The maximum Gasteiger partial charge on any atom is 0.136 e. The topological polar surface area (TPSA) is 46.9 Å². The summed E-state index contributed by atoms with van der Waals surface area (Å²) in [5.74, 6) is 0. The van der Waals surface area contributed by atoms with Crippen LogP contribution < -0.4 is 0 Å². The monoisotopic (exact) mass is 488 g/mol. The molecular weight excluding hydrogens is 470 g/mol. The SMILES string of the molecule is CC1(C)N(O)C(c2cc(I)cc(I)c2)N(O)C1(C)C. The Kier molecular flexibility index (Phi) is 4.23. The third-order valence-corrected chi connectivity index (χ3v) is 5.53. The lowest BCUT2D eigenvalue weighted by molar-refractivity contribution is -0.223. The predicted octanol–water partition coefficient (Wildman–Crippen LogP) is 3.85. The van der Waals surface area contributed by atoms with Gasteiger partial charge in [0.25, 0.3) is 0 Å². The molecule has 1 aromatic carbocycles. The Hall–Kier alpha value is 0.520. The Labute approximate surface area is 141 Å². The third-order valence-electron chi connectivity index (χ3n) is 4.29. The van der Waals surface area contributed by atoms with Gasteiger partial charge in [-0.2, -0.15) is 10.1 Å². The molecule has 2 N–H and O–H groups in total. The minimum absolute atomic E-state index is 0.548. The van der Waals surface area contributed by atoms with Crippen LogP contribution in [0.2, 0.25) is 0 Å². The number of hydrogen-bond donors (Lipinski definition) is 2. The van der Waals surface area contributed by atoms with Gasteiger partial charge in [-0.15, -0.1) is 0 Å². The highest BCUT2D eigenvalue weighted by Gasteiger charge is 2.58. The minimum Gasteiger partial charge on any atom is -0.311 e. The molecule has 1 aliphatic rings. The molecule has 19 heavy (non-hydrogen) atoms. The van der Waals surface area contributed by atoms with Crippen LogP contribution in [0, 0.1) is 7.14 Å². The first-order valence-electron chi connectivity index (χ1n) is 6.01. The smallest absolute Gasteiger partial charge is 0.136 e. The highest BCUT2D eigenvalue weighted by Crippen LogP contribution is 2.47. The second kappa shape index (κ2) is 5.06. The van der Waals surface area contributed by atoms with Crippen molar-refractivity contribution in [2.24, 2.45) is 0 Å². The lowest BCUT2D eigenvalue weighted by Gasteiger charge is -2.37. The van der Waals surface area contributed by atoms with Gasteiger partial charge in [0.1, 0.15) is 6.17 Å². The summed E-state index contributed by atoms with van der Waals surface area (Å²) in [5.41, 5.74) is -0.224. The fourth-order valence-corrected chi connectivity index (χ4v) is 4.27. The third kappa shape index (κ3) is 2.44. The van der Waals surface area contributed by atoms with Crippen molar-refractivity contribution in [1.29, 1.82) is 0 Å². The summed E-state index contributed by atoms with van der Waals surface area (Å²) >= 11 is 4.49. The summed E-state index contributed by atoms with van der Waals surface area (Å²) in [7, 11) is 0. The van der Waals surface area contributed by atoms with Gasteiger partial charge in [0.15, 0.2) is 0 Å². The molecule has 0 aromatic heterocycles. The lowest BCUT2D eigenvalue weighted by atomic mass is 9.84. The Morgan fingerprint density at radius 2 is 1.26 bits per heavy atom. The van der Waals surface area contributed by atoms with Crippen LogP contribution in [0.5, 0.6) is 0 Å². The molecule has 0 radical (unpaired) electrons. The molecular formula is C13H18I2N2O2. The van der Waals surface area contributed by atoms with Crippen LogP contribution in [0.3, 0.4) is 0 Å². The molecule has 1 saturated heterocycles. The van der Waals surface area contributed by atoms with E-state index in [2.05, 4.69) is 51.2 Å². The lowest BCUT2D eigenvalue weighted by Crippen LogP contribution is -2.52. The highest BCUT2D eigenvalue weighted by molar-refractivity contribution is 14.1. The molecule has 0 aliphatic carbocycles. The molecule has 4 nitrogen and oxygen atoms in total. The summed E-state index contributed by atoms with van der Waals surface area (Å²) < 4.78 is 2.17. The average Bonchev–Trinajstić information content (AvgIpc) is 2.37. The average molecular weight is 488 g/mol. The zero-order chi connectivity index (χ0) is 14.6. The number of benzene rings is 1. The van der Waals surface area contributed by atoms with E-state index in [0.29, 0.717) is 0 Å². The van der Waals surface area contributed by atoms with E-state index >= 15 is 0 Å². The number of halogens is 2. The van der Waals surface area contributed by atoms with Gasteiger partial charge in [-0.25, -0.2) is 0 Å². The summed E-state index contributed by atoms with van der Waals surface area (Å²) in [4.78, 5) is 0. The molecule has 0 bridgehead atoms. The van der Waals surface area contributed by atoms with E-state index in [1.807, 2.05) is 39.8 Å². The normalized spacial score (nSPS) is 24.0. The van der Waals surface area contributed by atoms with E-state index in [1.54, 1.807) is 0 Å². The van der Waals surface area contributed by atoms with E-state index < -0.39 is 17.2 Å². The molecule has 0 atom stereocenters. The van der Waals surface area contributed by atoms with E-state index in [4.69, 9.17) is 0 Å². The first kappa shape index (κ1) is 15.9. The molecule has 1 aromatic rings. The van der Waals surface area contributed by atoms with E-state index in [0.717, 1.165) is 12.7 Å². The molecule has 1 heterocycles. The van der Waals surface area contributed by atoms with E-state index in [9.17, 15) is 10.4 Å². The predicted molar refractivity (Wildman–Crippen MR) is 90.0 cm³/mol. The number of nitrogens with zero attached hydrogens (tertiary/aromatic N) is 2. The summed E-state index contributed by atoms with van der Waals surface area (Å²) in [6.45, 7) is 7.70. The van der Waals surface area contributed by atoms with Crippen LogP contribution in [-0.2, 0) is 0 Å². The molecule has 2 rings (SSSR count). The number of rotatable bonds is 1. The van der Waals surface area contributed by atoms with Crippen LogP contribution >= 0.6 is 45.2 Å². The van der Waals surface area contributed by atoms with Crippen molar-refractivity contribution in [2.45, 2.75) is 44.9 Å². The zero-order valence-electron chi connectivity index (χ0n) is 11.4. The Morgan fingerprint density at radius 3 is 1.63 bits per heavy atom. The zero-order valence-corrected chi connectivity index (χ0v) is 15.7. The van der Waals surface area contributed by atoms with Crippen molar-refractivity contribution in [3.05, 3.63) is 30.9 Å². The van der Waals surface area contributed by atoms with Gasteiger partial charge in [-0.1, -0.05) is 0 Å². The van der Waals surface area contributed by atoms with Crippen LogP contribution in [0.4, 0.5) is 0 Å². The van der Waals surface area contributed by atoms with Crippen molar-refractivity contribution < 1.29 is 10.4 Å². The van der Waals surface area contributed by atoms with E-state index in [1.165, 1.54) is 10.1 Å². The minimum atomic E-state index is -0.556. The standard InChI is InChI=1S/C13H18I2N2O2/c1-12(2)13(3,4)17(19)11(16(12)18)8-5-9(14)7-10(15)6-8/h5-7,11,18-19H,1-4H3. The molecule has 106 valence electrons. The molecule has 0 saturated carbocycles. The van der Waals surface area contributed by atoms with Gasteiger partial charge in [0.2, 0.25) is 0 Å². The summed E-state index contributed by atoms with van der Waals surface area (Å²) in [6, 6.07) is 6.02. The fourth-order valence-electron chi connectivity index (χ4n) is 2.28. The molecule has 1 aliphatic heterocycles. The quantitative estimate of drug-likeness (QED) is 0.591. The van der Waals surface area contributed by atoms with Crippen LogP contribution in [0.1, 0.15) is 39.4 Å².